The van der Waals surface area contributed by atoms with Crippen molar-refractivity contribution in [1.82, 2.24) is 9.88 Å². The van der Waals surface area contributed by atoms with Crippen LogP contribution in [0.15, 0.2) is 28.7 Å². The van der Waals surface area contributed by atoms with Crippen LogP contribution in [-0.4, -0.2) is 28.0 Å². The van der Waals surface area contributed by atoms with E-state index in [2.05, 4.69) is 37.9 Å². The van der Waals surface area contributed by atoms with E-state index in [1.54, 1.807) is 0 Å². The third-order valence-corrected chi connectivity index (χ3v) is 6.41. The topological polar surface area (TPSA) is 34.0 Å². The number of carbonyl (C=O) groups excluding carboxylic acids is 1. The van der Waals surface area contributed by atoms with Crippen molar-refractivity contribution in [3.63, 3.8) is 0 Å². The molecule has 21 heavy (non-hydrogen) atoms. The molecule has 1 fully saturated rings. The van der Waals surface area contributed by atoms with Gasteiger partial charge in [0.05, 0.1) is 0 Å². The quantitative estimate of drug-likeness (QED) is 0.894. The summed E-state index contributed by atoms with van der Waals surface area (Å²) in [6, 6.07) is 8.18. The van der Waals surface area contributed by atoms with Crippen molar-refractivity contribution in [3.8, 4) is 0 Å². The van der Waals surface area contributed by atoms with Crippen molar-refractivity contribution in [2.75, 3.05) is 12.3 Å². The number of hydrogen-bond donors (Lipinski definition) is 1. The number of thioether (sulfide) groups is 1. The number of amides is 1. The van der Waals surface area contributed by atoms with Crippen molar-refractivity contribution >= 4 is 44.5 Å². The Morgan fingerprint density at radius 2 is 2.29 bits per heavy atom. The molecule has 1 aromatic heterocycles. The predicted molar refractivity (Wildman–Crippen MR) is 92.9 cm³/mol. The number of benzene rings is 1. The van der Waals surface area contributed by atoms with Crippen LogP contribution < -0.4 is 5.32 Å². The van der Waals surface area contributed by atoms with Gasteiger partial charge in [-0.3, -0.25) is 4.79 Å². The number of fused-ring (bicyclic) bond motifs is 1. The normalized spacial score (nSPS) is 18.3. The predicted octanol–water partition coefficient (Wildman–Crippen LogP) is 3.72. The van der Waals surface area contributed by atoms with Crippen LogP contribution in [0.2, 0.25) is 0 Å². The first-order valence-electron chi connectivity index (χ1n) is 7.28. The number of nitrogens with one attached hydrogen (secondary N) is 1. The molecule has 1 aromatic carbocycles. The number of halogens is 1. The van der Waals surface area contributed by atoms with Crippen molar-refractivity contribution in [2.45, 2.75) is 31.6 Å². The molecule has 3 nitrogen and oxygen atoms in total. The molecule has 0 unspecified atom stereocenters. The molecule has 0 saturated carbocycles. The zero-order valence-corrected chi connectivity index (χ0v) is 14.5. The third-order valence-electron chi connectivity index (χ3n) is 4.01. The molecule has 0 aliphatic carbocycles. The van der Waals surface area contributed by atoms with Gasteiger partial charge in [0.15, 0.2) is 0 Å². The molecular formula is C16H19BrN2OS. The summed E-state index contributed by atoms with van der Waals surface area (Å²) in [6.07, 6.45) is 2.50. The van der Waals surface area contributed by atoms with Gasteiger partial charge < -0.3 is 9.88 Å². The first-order chi connectivity index (χ1) is 10.2. The van der Waals surface area contributed by atoms with Gasteiger partial charge in [0.25, 0.3) is 0 Å². The van der Waals surface area contributed by atoms with Gasteiger partial charge in [-0.25, -0.2) is 0 Å². The molecule has 0 bridgehead atoms. The van der Waals surface area contributed by atoms with E-state index < -0.39 is 0 Å². The average molecular weight is 367 g/mol. The molecule has 1 aliphatic rings. The molecular weight excluding hydrogens is 348 g/mol. The summed E-state index contributed by atoms with van der Waals surface area (Å²) in [5, 5.41) is 4.84. The van der Waals surface area contributed by atoms with Crippen molar-refractivity contribution < 1.29 is 4.79 Å². The zero-order chi connectivity index (χ0) is 14.8. The van der Waals surface area contributed by atoms with E-state index in [0.29, 0.717) is 11.8 Å². The second-order valence-corrected chi connectivity index (χ2v) is 7.64. The highest BCUT2D eigenvalue weighted by Crippen LogP contribution is 2.30. The van der Waals surface area contributed by atoms with Crippen molar-refractivity contribution in [3.05, 3.63) is 34.4 Å². The minimum absolute atomic E-state index is 0.0962. The van der Waals surface area contributed by atoms with E-state index in [4.69, 9.17) is 0 Å². The molecule has 2 heterocycles. The summed E-state index contributed by atoms with van der Waals surface area (Å²) >= 11 is 5.60. The molecule has 1 saturated heterocycles. The molecule has 1 atom stereocenters. The standard InChI is InChI=1S/C16H19BrN2OS/c1-11-16(17)13-6-2-3-7-14(13)19(11)10-15(20)18-9-12-5-4-8-21-12/h2-3,6-7,12H,4-5,8-10H2,1H3,(H,18,20)/t12-/m0/s1. The van der Waals surface area contributed by atoms with E-state index in [1.165, 1.54) is 18.6 Å². The Morgan fingerprint density at radius 1 is 1.48 bits per heavy atom. The molecule has 1 N–H and O–H groups in total. The number of hydrogen-bond acceptors (Lipinski definition) is 2. The van der Waals surface area contributed by atoms with Gasteiger partial charge >= 0.3 is 0 Å². The van der Waals surface area contributed by atoms with Crippen LogP contribution in [0.5, 0.6) is 0 Å². The van der Waals surface area contributed by atoms with Crippen LogP contribution in [-0.2, 0) is 11.3 Å². The van der Waals surface area contributed by atoms with Gasteiger partial charge in [-0.15, -0.1) is 0 Å². The molecule has 3 rings (SSSR count). The maximum Gasteiger partial charge on any atom is 0.239 e. The summed E-state index contributed by atoms with van der Waals surface area (Å²) in [5.74, 6) is 1.33. The zero-order valence-electron chi connectivity index (χ0n) is 12.1. The summed E-state index contributed by atoms with van der Waals surface area (Å²) < 4.78 is 3.16. The SMILES string of the molecule is Cc1c(Br)c2ccccc2n1CC(=O)NC[C@@H]1CCCS1. The van der Waals surface area contributed by atoms with E-state index in [1.807, 2.05) is 30.8 Å². The summed E-state index contributed by atoms with van der Waals surface area (Å²) in [5.41, 5.74) is 2.20. The molecule has 1 aliphatic heterocycles. The second-order valence-electron chi connectivity index (χ2n) is 5.44. The Labute approximate surface area is 137 Å². The Kier molecular flexibility index (Phi) is 4.60. The minimum Gasteiger partial charge on any atom is -0.353 e. The number of aromatic nitrogens is 1. The molecule has 0 radical (unpaired) electrons. The summed E-state index contributed by atoms with van der Waals surface area (Å²) in [6.45, 7) is 3.22. The number of rotatable bonds is 4. The fourth-order valence-electron chi connectivity index (χ4n) is 2.82. The Bertz CT molecular complexity index is 662. The highest BCUT2D eigenvalue weighted by Gasteiger charge is 2.17. The highest BCUT2D eigenvalue weighted by atomic mass is 79.9. The maximum atomic E-state index is 12.2. The van der Waals surface area contributed by atoms with Gasteiger partial charge in [-0.1, -0.05) is 18.2 Å². The number of nitrogens with zero attached hydrogens (tertiary/aromatic N) is 1. The number of para-hydroxylation sites is 1. The fraction of sp³-hybridized carbons (Fsp3) is 0.438. The van der Waals surface area contributed by atoms with Gasteiger partial charge in [-0.05, 0) is 47.5 Å². The second kappa shape index (κ2) is 6.44. The van der Waals surface area contributed by atoms with Crippen LogP contribution >= 0.6 is 27.7 Å². The van der Waals surface area contributed by atoms with E-state index in [-0.39, 0.29) is 5.91 Å². The van der Waals surface area contributed by atoms with E-state index in [0.717, 1.165) is 27.6 Å². The Hall–Kier alpha value is -0.940. The van der Waals surface area contributed by atoms with Crippen molar-refractivity contribution in [1.29, 1.82) is 0 Å². The van der Waals surface area contributed by atoms with Crippen LogP contribution in [0.1, 0.15) is 18.5 Å². The van der Waals surface area contributed by atoms with Gasteiger partial charge in [0, 0.05) is 32.9 Å². The van der Waals surface area contributed by atoms with Gasteiger partial charge in [-0.2, -0.15) is 11.8 Å². The lowest BCUT2D eigenvalue weighted by Gasteiger charge is -2.12. The Balaban J connectivity index is 1.72. The lowest BCUT2D eigenvalue weighted by atomic mass is 10.2. The van der Waals surface area contributed by atoms with Crippen LogP contribution in [0.4, 0.5) is 0 Å². The smallest absolute Gasteiger partial charge is 0.239 e. The molecule has 0 spiro atoms. The maximum absolute atomic E-state index is 12.2. The van der Waals surface area contributed by atoms with Crippen LogP contribution in [0.3, 0.4) is 0 Å². The molecule has 5 heteroatoms. The monoisotopic (exact) mass is 366 g/mol. The molecule has 1 amide bonds. The third kappa shape index (κ3) is 3.14. The fourth-order valence-corrected chi connectivity index (χ4v) is 4.58. The van der Waals surface area contributed by atoms with Crippen LogP contribution in [0.25, 0.3) is 10.9 Å². The number of carbonyl (C=O) groups is 1. The summed E-state index contributed by atoms with van der Waals surface area (Å²) in [7, 11) is 0. The van der Waals surface area contributed by atoms with E-state index >= 15 is 0 Å². The largest absolute Gasteiger partial charge is 0.353 e. The minimum atomic E-state index is 0.0962. The van der Waals surface area contributed by atoms with Crippen molar-refractivity contribution in [2.24, 2.45) is 0 Å². The average Bonchev–Trinajstić information content (AvgIpc) is 3.09. The van der Waals surface area contributed by atoms with Gasteiger partial charge in [0.1, 0.15) is 6.54 Å². The molecule has 2 aromatic rings. The highest BCUT2D eigenvalue weighted by molar-refractivity contribution is 9.10. The molecule has 112 valence electrons. The lowest BCUT2D eigenvalue weighted by Crippen LogP contribution is -2.32. The Morgan fingerprint density at radius 3 is 3.05 bits per heavy atom. The first kappa shape index (κ1) is 15.0. The van der Waals surface area contributed by atoms with Crippen LogP contribution in [0, 0.1) is 6.92 Å². The van der Waals surface area contributed by atoms with E-state index in [9.17, 15) is 4.79 Å². The summed E-state index contributed by atoms with van der Waals surface area (Å²) in [4.78, 5) is 12.2. The first-order valence-corrected chi connectivity index (χ1v) is 9.12. The van der Waals surface area contributed by atoms with Gasteiger partial charge in [0.2, 0.25) is 5.91 Å². The lowest BCUT2D eigenvalue weighted by molar-refractivity contribution is -0.121.